The highest BCUT2D eigenvalue weighted by molar-refractivity contribution is 5.71. The van der Waals surface area contributed by atoms with Gasteiger partial charge >= 0.3 is 6.09 Å². The molecule has 0 aliphatic carbocycles. The fourth-order valence-corrected chi connectivity index (χ4v) is 1.93. The van der Waals surface area contributed by atoms with E-state index in [1.54, 1.807) is 0 Å². The molecule has 2 atom stereocenters. The van der Waals surface area contributed by atoms with E-state index in [-0.39, 0.29) is 18.2 Å². The number of hydrogen-bond donors (Lipinski definition) is 1. The number of carbonyl (C=O) groups excluding carboxylic acids is 1. The molecule has 2 rings (SSSR count). The van der Waals surface area contributed by atoms with Gasteiger partial charge in [0.05, 0.1) is 6.04 Å². The number of benzene rings is 1. The molecule has 1 unspecified atom stereocenters. The summed E-state index contributed by atoms with van der Waals surface area (Å²) in [7, 11) is 0. The van der Waals surface area contributed by atoms with Crippen molar-refractivity contribution in [2.45, 2.75) is 25.5 Å². The van der Waals surface area contributed by atoms with Gasteiger partial charge in [0.25, 0.3) is 0 Å². The zero-order valence-electron chi connectivity index (χ0n) is 9.27. The van der Waals surface area contributed by atoms with Crippen LogP contribution in [0, 0.1) is 0 Å². The van der Waals surface area contributed by atoms with E-state index < -0.39 is 0 Å². The van der Waals surface area contributed by atoms with Crippen LogP contribution in [0.25, 0.3) is 0 Å². The van der Waals surface area contributed by atoms with Crippen molar-refractivity contribution in [1.29, 1.82) is 0 Å². The second-order valence-corrected chi connectivity index (χ2v) is 4.11. The first-order valence-corrected chi connectivity index (χ1v) is 5.33. The minimum absolute atomic E-state index is 0.00704. The molecular weight excluding hydrogens is 202 g/mol. The molecule has 3 nitrogen and oxygen atoms in total. The third-order valence-corrected chi connectivity index (χ3v) is 2.69. The third kappa shape index (κ3) is 2.24. The van der Waals surface area contributed by atoms with Gasteiger partial charge in [0.1, 0.15) is 6.10 Å². The second kappa shape index (κ2) is 4.39. The molecule has 1 N–H and O–H groups in total. The van der Waals surface area contributed by atoms with Crippen LogP contribution in [0.1, 0.15) is 12.5 Å². The van der Waals surface area contributed by atoms with Crippen LogP contribution in [0.5, 0.6) is 0 Å². The summed E-state index contributed by atoms with van der Waals surface area (Å²) in [6.07, 6.45) is 0.200. The van der Waals surface area contributed by atoms with Crippen LogP contribution in [0.15, 0.2) is 42.5 Å². The van der Waals surface area contributed by atoms with E-state index in [4.69, 9.17) is 4.74 Å². The molecule has 3 heteroatoms. The Morgan fingerprint density at radius 2 is 2.12 bits per heavy atom. The van der Waals surface area contributed by atoms with Gasteiger partial charge in [0.15, 0.2) is 0 Å². The Labute approximate surface area is 95.1 Å². The van der Waals surface area contributed by atoms with Crippen LogP contribution in [-0.2, 0) is 11.2 Å². The zero-order chi connectivity index (χ0) is 11.5. The van der Waals surface area contributed by atoms with Gasteiger partial charge in [-0.2, -0.15) is 0 Å². The minimum Gasteiger partial charge on any atom is -0.440 e. The Morgan fingerprint density at radius 3 is 2.75 bits per heavy atom. The van der Waals surface area contributed by atoms with Crippen molar-refractivity contribution >= 4 is 6.09 Å². The number of carbonyl (C=O) groups is 1. The van der Waals surface area contributed by atoms with Gasteiger partial charge in [-0.1, -0.05) is 36.9 Å². The molecule has 1 aromatic rings. The number of cyclic esters (lactones) is 1. The molecule has 16 heavy (non-hydrogen) atoms. The number of ether oxygens (including phenoxy) is 1. The summed E-state index contributed by atoms with van der Waals surface area (Å²) in [5.74, 6) is 0. The Bertz CT molecular complexity index is 400. The molecule has 0 bridgehead atoms. The third-order valence-electron chi connectivity index (χ3n) is 2.69. The van der Waals surface area contributed by atoms with Crippen molar-refractivity contribution in [1.82, 2.24) is 5.32 Å². The van der Waals surface area contributed by atoms with Gasteiger partial charge in [-0.25, -0.2) is 4.79 Å². The molecule has 1 heterocycles. The lowest BCUT2D eigenvalue weighted by atomic mass is 9.98. The van der Waals surface area contributed by atoms with Crippen LogP contribution >= 0.6 is 0 Å². The highest BCUT2D eigenvalue weighted by Gasteiger charge is 2.34. The summed E-state index contributed by atoms with van der Waals surface area (Å²) < 4.78 is 5.16. The fourth-order valence-electron chi connectivity index (χ4n) is 1.93. The van der Waals surface area contributed by atoms with Gasteiger partial charge in [-0.15, -0.1) is 0 Å². The van der Waals surface area contributed by atoms with Gasteiger partial charge in [-0.3, -0.25) is 0 Å². The van der Waals surface area contributed by atoms with Crippen molar-refractivity contribution < 1.29 is 9.53 Å². The lowest BCUT2D eigenvalue weighted by Gasteiger charge is -2.16. The first-order valence-electron chi connectivity index (χ1n) is 5.33. The Morgan fingerprint density at radius 1 is 1.44 bits per heavy atom. The molecule has 0 aromatic heterocycles. The highest BCUT2D eigenvalue weighted by atomic mass is 16.6. The topological polar surface area (TPSA) is 38.3 Å². The summed E-state index contributed by atoms with van der Waals surface area (Å²) >= 11 is 0. The van der Waals surface area contributed by atoms with Crippen molar-refractivity contribution in [3.8, 4) is 0 Å². The first kappa shape index (κ1) is 10.7. The maximum Gasteiger partial charge on any atom is 0.408 e. The monoisotopic (exact) mass is 217 g/mol. The van der Waals surface area contributed by atoms with Gasteiger partial charge in [-0.05, 0) is 24.5 Å². The largest absolute Gasteiger partial charge is 0.440 e. The summed E-state index contributed by atoms with van der Waals surface area (Å²) in [6, 6.07) is 10.0. The van der Waals surface area contributed by atoms with Gasteiger partial charge < -0.3 is 10.1 Å². The summed E-state index contributed by atoms with van der Waals surface area (Å²) in [5.41, 5.74) is 2.06. The zero-order valence-corrected chi connectivity index (χ0v) is 9.27. The molecule has 84 valence electrons. The number of rotatable bonds is 3. The van der Waals surface area contributed by atoms with Crippen LogP contribution in [-0.4, -0.2) is 18.2 Å². The van der Waals surface area contributed by atoms with E-state index >= 15 is 0 Å². The lowest BCUT2D eigenvalue weighted by Crippen LogP contribution is -2.34. The second-order valence-electron chi connectivity index (χ2n) is 4.11. The summed E-state index contributed by atoms with van der Waals surface area (Å²) in [4.78, 5) is 11.2. The number of amides is 1. The Balaban J connectivity index is 2.09. The van der Waals surface area contributed by atoms with Crippen LogP contribution in [0.4, 0.5) is 4.79 Å². The first-order chi connectivity index (χ1) is 7.66. The molecule has 1 aliphatic rings. The van der Waals surface area contributed by atoms with Crippen molar-refractivity contribution in [3.05, 3.63) is 48.0 Å². The van der Waals surface area contributed by atoms with E-state index in [2.05, 4.69) is 11.9 Å². The number of nitrogens with one attached hydrogen (secondary N) is 1. The van der Waals surface area contributed by atoms with Gasteiger partial charge in [0.2, 0.25) is 0 Å². The van der Waals surface area contributed by atoms with E-state index in [0.717, 1.165) is 12.0 Å². The average Bonchev–Trinajstić information content (AvgIpc) is 2.61. The predicted molar refractivity (Wildman–Crippen MR) is 62.2 cm³/mol. The van der Waals surface area contributed by atoms with E-state index in [0.29, 0.717) is 0 Å². The molecule has 1 saturated heterocycles. The SMILES string of the molecule is C=C(C)C1OC(=O)N[C@H]1Cc1ccccc1. The summed E-state index contributed by atoms with van der Waals surface area (Å²) in [5, 5.41) is 2.81. The fraction of sp³-hybridized carbons (Fsp3) is 0.308. The number of alkyl carbamates (subject to hydrolysis) is 1. The van der Waals surface area contributed by atoms with E-state index in [1.165, 1.54) is 5.56 Å². The molecule has 1 aliphatic heterocycles. The molecule has 0 saturated carbocycles. The van der Waals surface area contributed by atoms with Gasteiger partial charge in [0, 0.05) is 0 Å². The Kier molecular flexibility index (Phi) is 2.95. The van der Waals surface area contributed by atoms with Crippen molar-refractivity contribution in [3.63, 3.8) is 0 Å². The van der Waals surface area contributed by atoms with E-state index in [9.17, 15) is 4.79 Å². The molecular formula is C13H15NO2. The van der Waals surface area contributed by atoms with Crippen LogP contribution < -0.4 is 5.32 Å². The molecule has 0 radical (unpaired) electrons. The lowest BCUT2D eigenvalue weighted by molar-refractivity contribution is 0.148. The number of hydrogen-bond acceptors (Lipinski definition) is 2. The van der Waals surface area contributed by atoms with Crippen molar-refractivity contribution in [2.75, 3.05) is 0 Å². The molecule has 0 spiro atoms. The Hall–Kier alpha value is -1.77. The predicted octanol–water partition coefficient (Wildman–Crippen LogP) is 2.28. The summed E-state index contributed by atoms with van der Waals surface area (Å²) in [6.45, 7) is 5.72. The normalized spacial score (nSPS) is 23.7. The van der Waals surface area contributed by atoms with Crippen LogP contribution in [0.3, 0.4) is 0 Å². The standard InChI is InChI=1S/C13H15NO2/c1-9(2)12-11(14-13(15)16-12)8-10-6-4-3-5-7-10/h3-7,11-12H,1,8H2,2H3,(H,14,15)/t11-,12?/m0/s1. The average molecular weight is 217 g/mol. The maximum atomic E-state index is 11.2. The highest BCUT2D eigenvalue weighted by Crippen LogP contribution is 2.19. The minimum atomic E-state index is -0.353. The molecule has 1 aromatic carbocycles. The van der Waals surface area contributed by atoms with E-state index in [1.807, 2.05) is 37.3 Å². The molecule has 1 amide bonds. The smallest absolute Gasteiger partial charge is 0.408 e. The van der Waals surface area contributed by atoms with Crippen molar-refractivity contribution in [2.24, 2.45) is 0 Å². The molecule has 1 fully saturated rings. The quantitative estimate of drug-likeness (QED) is 0.789. The van der Waals surface area contributed by atoms with Crippen LogP contribution in [0.2, 0.25) is 0 Å². The maximum absolute atomic E-state index is 11.2.